The minimum Gasteiger partial charge on any atom is -0.452 e. The number of ether oxygens (including phenoxy) is 1. The molecule has 4 aromatic rings. The van der Waals surface area contributed by atoms with Crippen LogP contribution >= 0.6 is 0 Å². The Morgan fingerprint density at radius 3 is 2.65 bits per heavy atom. The quantitative estimate of drug-likeness (QED) is 0.356. The summed E-state index contributed by atoms with van der Waals surface area (Å²) in [6.07, 6.45) is 7.92. The zero-order valence-corrected chi connectivity index (χ0v) is 21.8. The zero-order valence-electron chi connectivity index (χ0n) is 21.8. The molecule has 37 heavy (non-hydrogen) atoms. The van der Waals surface area contributed by atoms with Gasteiger partial charge in [-0.3, -0.25) is 9.69 Å². The average Bonchev–Trinajstić information content (AvgIpc) is 3.52. The number of rotatable bonds is 4. The number of amides is 1. The summed E-state index contributed by atoms with van der Waals surface area (Å²) in [5.74, 6) is 1.53. The largest absolute Gasteiger partial charge is 0.452 e. The molecule has 7 nitrogen and oxygen atoms in total. The maximum atomic E-state index is 12.7. The molecule has 0 unspecified atom stereocenters. The number of aromatic nitrogens is 3. The van der Waals surface area contributed by atoms with E-state index in [0.29, 0.717) is 11.8 Å². The molecular formula is C30H34N4O3. The summed E-state index contributed by atoms with van der Waals surface area (Å²) in [6.45, 7) is 3.79. The van der Waals surface area contributed by atoms with Crippen LogP contribution in [-0.4, -0.2) is 39.6 Å². The Bertz CT molecular complexity index is 1490. The molecule has 1 amide bonds. The molecule has 2 aromatic heterocycles. The van der Waals surface area contributed by atoms with E-state index in [2.05, 4.69) is 52.9 Å². The SMILES string of the molecule is COC(=O)N1c2ccc3c(nc(Cc4ccc5[nH]ccc5c4)n3C3CCC(C(C)=O)CC3)c2CC[C@@H]1C. The van der Waals surface area contributed by atoms with E-state index >= 15 is 0 Å². The Morgan fingerprint density at radius 2 is 1.89 bits per heavy atom. The standard InChI is InChI=1S/C30H34N4O3/c1-18-4-10-24-26(33(18)30(36)37-3)12-13-27-29(24)32-28(17-20-5-11-25-22(16-20)14-15-31-25)34(27)23-8-6-21(7-9-23)19(2)35/h5,11-16,18,21,23,31H,4,6-10,17H2,1-3H3/t18-,21?,23?/m0/s1. The van der Waals surface area contributed by atoms with Gasteiger partial charge in [-0.15, -0.1) is 0 Å². The Labute approximate surface area is 216 Å². The highest BCUT2D eigenvalue weighted by atomic mass is 16.5. The highest BCUT2D eigenvalue weighted by Crippen LogP contribution is 2.40. The summed E-state index contributed by atoms with van der Waals surface area (Å²) < 4.78 is 7.56. The number of H-pyrrole nitrogens is 1. The van der Waals surface area contributed by atoms with Crippen LogP contribution in [0.3, 0.4) is 0 Å². The van der Waals surface area contributed by atoms with Gasteiger partial charge < -0.3 is 14.3 Å². The van der Waals surface area contributed by atoms with Gasteiger partial charge in [0, 0.05) is 41.7 Å². The number of nitrogens with zero attached hydrogens (tertiary/aromatic N) is 3. The molecular weight excluding hydrogens is 464 g/mol. The number of carbonyl (C=O) groups excluding carboxylic acids is 2. The second kappa shape index (κ2) is 9.36. The van der Waals surface area contributed by atoms with E-state index in [1.54, 1.807) is 11.8 Å². The van der Waals surface area contributed by atoms with Crippen molar-refractivity contribution in [3.05, 3.63) is 59.5 Å². The van der Waals surface area contributed by atoms with Crippen molar-refractivity contribution in [2.24, 2.45) is 5.92 Å². The molecule has 1 atom stereocenters. The monoisotopic (exact) mass is 498 g/mol. The molecule has 3 heterocycles. The second-order valence-corrected chi connectivity index (χ2v) is 10.7. The lowest BCUT2D eigenvalue weighted by Crippen LogP contribution is -2.42. The van der Waals surface area contributed by atoms with E-state index in [9.17, 15) is 9.59 Å². The summed E-state index contributed by atoms with van der Waals surface area (Å²) in [6, 6.07) is 13.2. The molecule has 1 saturated carbocycles. The van der Waals surface area contributed by atoms with Gasteiger partial charge in [-0.05, 0) is 93.7 Å². The van der Waals surface area contributed by atoms with Crippen LogP contribution in [0.1, 0.15) is 68.9 Å². The average molecular weight is 499 g/mol. The van der Waals surface area contributed by atoms with Gasteiger partial charge in [0.2, 0.25) is 0 Å². The van der Waals surface area contributed by atoms with E-state index < -0.39 is 0 Å². The second-order valence-electron chi connectivity index (χ2n) is 10.7. The van der Waals surface area contributed by atoms with Gasteiger partial charge in [-0.2, -0.15) is 0 Å². The summed E-state index contributed by atoms with van der Waals surface area (Å²) in [7, 11) is 1.44. The van der Waals surface area contributed by atoms with Crippen molar-refractivity contribution in [2.75, 3.05) is 12.0 Å². The maximum Gasteiger partial charge on any atom is 0.414 e. The first-order chi connectivity index (χ1) is 17.9. The van der Waals surface area contributed by atoms with E-state index in [1.165, 1.54) is 18.1 Å². The number of methoxy groups -OCH3 is 1. The Morgan fingerprint density at radius 1 is 1.08 bits per heavy atom. The maximum absolute atomic E-state index is 12.7. The van der Waals surface area contributed by atoms with Crippen molar-refractivity contribution >= 4 is 39.5 Å². The van der Waals surface area contributed by atoms with Gasteiger partial charge in [0.05, 0.1) is 23.8 Å². The highest BCUT2D eigenvalue weighted by molar-refractivity contribution is 5.95. The molecule has 7 heteroatoms. The van der Waals surface area contributed by atoms with Gasteiger partial charge >= 0.3 is 6.09 Å². The predicted molar refractivity (Wildman–Crippen MR) is 145 cm³/mol. The van der Waals surface area contributed by atoms with E-state index in [1.807, 2.05) is 6.20 Å². The Hall–Kier alpha value is -3.61. The number of ketones is 1. The van der Waals surface area contributed by atoms with Crippen LogP contribution in [0.5, 0.6) is 0 Å². The number of benzene rings is 2. The molecule has 1 N–H and O–H groups in total. The number of hydrogen-bond donors (Lipinski definition) is 1. The summed E-state index contributed by atoms with van der Waals surface area (Å²) in [5, 5.41) is 1.20. The van der Waals surface area contributed by atoms with Gasteiger partial charge in [0.1, 0.15) is 11.6 Å². The minimum absolute atomic E-state index is 0.0777. The number of hydrogen-bond acceptors (Lipinski definition) is 4. The summed E-state index contributed by atoms with van der Waals surface area (Å²) >= 11 is 0. The number of anilines is 1. The van der Waals surface area contributed by atoms with Crippen molar-refractivity contribution in [2.45, 2.75) is 70.9 Å². The topological polar surface area (TPSA) is 80.2 Å². The third kappa shape index (κ3) is 4.10. The fraction of sp³-hybridized carbons (Fsp3) is 0.433. The van der Waals surface area contributed by atoms with E-state index in [0.717, 1.165) is 78.6 Å². The lowest BCUT2D eigenvalue weighted by molar-refractivity contribution is -0.121. The van der Waals surface area contributed by atoms with Crippen LogP contribution in [0.25, 0.3) is 21.9 Å². The predicted octanol–water partition coefficient (Wildman–Crippen LogP) is 6.34. The summed E-state index contributed by atoms with van der Waals surface area (Å²) in [4.78, 5) is 35.0. The van der Waals surface area contributed by atoms with Crippen molar-refractivity contribution in [1.82, 2.24) is 14.5 Å². The Kier molecular flexibility index (Phi) is 6.01. The smallest absolute Gasteiger partial charge is 0.414 e. The van der Waals surface area contributed by atoms with Crippen molar-refractivity contribution < 1.29 is 14.3 Å². The first-order valence-electron chi connectivity index (χ1n) is 13.4. The van der Waals surface area contributed by atoms with E-state index in [-0.39, 0.29) is 18.1 Å². The lowest BCUT2D eigenvalue weighted by Gasteiger charge is -2.34. The summed E-state index contributed by atoms with van der Waals surface area (Å²) in [5.41, 5.74) is 6.50. The van der Waals surface area contributed by atoms with Crippen LogP contribution in [0, 0.1) is 5.92 Å². The molecule has 1 fully saturated rings. The third-order valence-corrected chi connectivity index (χ3v) is 8.52. The van der Waals surface area contributed by atoms with Gasteiger partial charge in [0.15, 0.2) is 0 Å². The number of Topliss-reactive ketones (excluding diaryl/α,β-unsaturated/α-hetero) is 1. The normalized spacial score (nSPS) is 21.8. The molecule has 2 aromatic carbocycles. The minimum atomic E-state index is -0.324. The van der Waals surface area contributed by atoms with Crippen molar-refractivity contribution in [3.63, 3.8) is 0 Å². The lowest BCUT2D eigenvalue weighted by atomic mass is 9.83. The van der Waals surface area contributed by atoms with Crippen molar-refractivity contribution in [3.8, 4) is 0 Å². The van der Waals surface area contributed by atoms with Crippen molar-refractivity contribution in [1.29, 1.82) is 0 Å². The highest BCUT2D eigenvalue weighted by Gasteiger charge is 2.33. The van der Waals surface area contributed by atoms with Crippen LogP contribution in [0.2, 0.25) is 0 Å². The van der Waals surface area contributed by atoms with Crippen LogP contribution in [0.4, 0.5) is 10.5 Å². The molecule has 0 spiro atoms. The molecule has 6 rings (SSSR count). The number of fused-ring (bicyclic) bond motifs is 4. The molecule has 1 aliphatic heterocycles. The van der Waals surface area contributed by atoms with E-state index in [4.69, 9.17) is 9.72 Å². The number of carbonyl (C=O) groups is 2. The number of imidazole rings is 1. The first-order valence-corrected chi connectivity index (χ1v) is 13.4. The Balaban J connectivity index is 1.46. The van der Waals surface area contributed by atoms with Gasteiger partial charge in [0.25, 0.3) is 0 Å². The number of aromatic amines is 1. The number of nitrogens with one attached hydrogen (secondary N) is 1. The molecule has 0 radical (unpaired) electrons. The molecule has 0 bridgehead atoms. The first kappa shape index (κ1) is 23.8. The third-order valence-electron chi connectivity index (χ3n) is 8.52. The van der Waals surface area contributed by atoms with Crippen LogP contribution < -0.4 is 4.90 Å². The molecule has 192 valence electrons. The molecule has 2 aliphatic rings. The molecule has 0 saturated heterocycles. The zero-order chi connectivity index (χ0) is 25.7. The van der Waals surface area contributed by atoms with Crippen LogP contribution in [0.15, 0.2) is 42.6 Å². The van der Waals surface area contributed by atoms with Gasteiger partial charge in [-0.1, -0.05) is 6.07 Å². The fourth-order valence-corrected chi connectivity index (χ4v) is 6.49. The fourth-order valence-electron chi connectivity index (χ4n) is 6.49. The van der Waals surface area contributed by atoms with Crippen LogP contribution in [-0.2, 0) is 22.4 Å². The molecule has 1 aliphatic carbocycles. The van der Waals surface area contributed by atoms with Gasteiger partial charge in [-0.25, -0.2) is 9.78 Å². The number of aryl methyl sites for hydroxylation is 1.